The van der Waals surface area contributed by atoms with Gasteiger partial charge in [-0.2, -0.15) is 0 Å². The number of hydrogen-bond donors (Lipinski definition) is 1. The normalized spacial score (nSPS) is 11.3. The van der Waals surface area contributed by atoms with E-state index in [1.165, 1.54) is 23.7 Å². The second-order valence-electron chi connectivity index (χ2n) is 5.03. The molecule has 0 saturated carbocycles. The number of aromatic nitrogens is 4. The number of carbonyl (C=O) groups is 1. The average molecular weight is 381 g/mol. The summed E-state index contributed by atoms with van der Waals surface area (Å²) in [6.45, 7) is 0. The number of benzene rings is 1. The molecule has 0 bridgehead atoms. The van der Waals surface area contributed by atoms with Crippen molar-refractivity contribution >= 4 is 22.8 Å². The Bertz CT molecular complexity index is 931. The monoisotopic (exact) mass is 381 g/mol. The van der Waals surface area contributed by atoms with Gasteiger partial charge in [0.2, 0.25) is 0 Å². The number of carbonyl (C=O) groups excluding carboxylic acids is 1. The van der Waals surface area contributed by atoms with E-state index in [4.69, 9.17) is 5.73 Å². The Hall–Kier alpha value is -3.08. The van der Waals surface area contributed by atoms with Gasteiger partial charge in [0.05, 0.1) is 12.1 Å². The van der Waals surface area contributed by atoms with Crippen molar-refractivity contribution in [2.24, 2.45) is 0 Å². The van der Waals surface area contributed by atoms with Gasteiger partial charge in [-0.05, 0) is 18.2 Å². The molecule has 0 amide bonds. The molecule has 2 heterocycles. The van der Waals surface area contributed by atoms with Gasteiger partial charge < -0.3 is 10.5 Å². The van der Waals surface area contributed by atoms with Gasteiger partial charge in [0, 0.05) is 23.5 Å². The average Bonchev–Trinajstić information content (AvgIpc) is 3.05. The molecule has 0 aliphatic rings. The van der Waals surface area contributed by atoms with Crippen molar-refractivity contribution in [2.45, 2.75) is 12.8 Å². The minimum absolute atomic E-state index is 0.0652. The highest BCUT2D eigenvalue weighted by Gasteiger charge is 2.32. The maximum Gasteiger partial charge on any atom is 0.573 e. The van der Waals surface area contributed by atoms with Gasteiger partial charge in [0.15, 0.2) is 16.5 Å². The molecule has 26 heavy (non-hydrogen) atoms. The summed E-state index contributed by atoms with van der Waals surface area (Å²) in [6, 6.07) is 3.35. The van der Waals surface area contributed by atoms with E-state index in [-0.39, 0.29) is 23.5 Å². The molecule has 0 radical (unpaired) electrons. The first-order chi connectivity index (χ1) is 12.3. The molecule has 11 heteroatoms. The Kier molecular flexibility index (Phi) is 4.80. The fourth-order valence-electron chi connectivity index (χ4n) is 2.03. The molecule has 0 saturated heterocycles. The smallest absolute Gasteiger partial charge is 0.404 e. The molecule has 7 nitrogen and oxygen atoms in total. The summed E-state index contributed by atoms with van der Waals surface area (Å²) in [7, 11) is 0. The van der Waals surface area contributed by atoms with Crippen LogP contribution in [0.5, 0.6) is 5.75 Å². The molecule has 0 atom stereocenters. The van der Waals surface area contributed by atoms with Crippen LogP contribution in [-0.2, 0) is 6.42 Å². The van der Waals surface area contributed by atoms with Crippen LogP contribution in [0.3, 0.4) is 0 Å². The summed E-state index contributed by atoms with van der Waals surface area (Å²) in [4.78, 5) is 20.1. The lowest BCUT2D eigenvalue weighted by molar-refractivity contribution is -0.274. The van der Waals surface area contributed by atoms with E-state index in [1.807, 2.05) is 0 Å². The predicted octanol–water partition coefficient (Wildman–Crippen LogP) is 2.90. The number of anilines is 1. The van der Waals surface area contributed by atoms with Crippen molar-refractivity contribution in [3.05, 3.63) is 47.5 Å². The predicted molar refractivity (Wildman–Crippen MR) is 86.5 cm³/mol. The van der Waals surface area contributed by atoms with E-state index in [2.05, 4.69) is 24.9 Å². The Morgan fingerprint density at radius 1 is 1.19 bits per heavy atom. The van der Waals surface area contributed by atoms with Crippen LogP contribution in [-0.4, -0.2) is 32.3 Å². The number of hydrogen-bond acceptors (Lipinski definition) is 8. The number of ketones is 1. The third-order valence-electron chi connectivity index (χ3n) is 3.14. The Morgan fingerprint density at radius 2 is 1.92 bits per heavy atom. The molecule has 0 aliphatic carbocycles. The van der Waals surface area contributed by atoms with Crippen molar-refractivity contribution in [1.29, 1.82) is 0 Å². The van der Waals surface area contributed by atoms with Crippen LogP contribution in [0.2, 0.25) is 0 Å². The van der Waals surface area contributed by atoms with E-state index in [0.29, 0.717) is 15.6 Å². The molecule has 0 aliphatic heterocycles. The highest BCUT2D eigenvalue weighted by molar-refractivity contribution is 7.14. The lowest BCUT2D eigenvalue weighted by Gasteiger charge is -2.11. The van der Waals surface area contributed by atoms with E-state index in [0.717, 1.165) is 12.1 Å². The molecule has 1 aromatic carbocycles. The summed E-state index contributed by atoms with van der Waals surface area (Å²) >= 11 is 1.20. The Morgan fingerprint density at radius 3 is 2.58 bits per heavy atom. The zero-order chi connectivity index (χ0) is 18.7. The fraction of sp³-hybridized carbons (Fsp3) is 0.133. The van der Waals surface area contributed by atoms with Gasteiger partial charge >= 0.3 is 6.36 Å². The third-order valence-corrected chi connectivity index (χ3v) is 4.12. The lowest BCUT2D eigenvalue weighted by atomic mass is 10.1. The van der Waals surface area contributed by atoms with E-state index in [9.17, 15) is 18.0 Å². The Labute approximate surface area is 148 Å². The second kappa shape index (κ2) is 7.04. The summed E-state index contributed by atoms with van der Waals surface area (Å²) in [5.41, 5.74) is 6.06. The maximum atomic E-state index is 12.3. The van der Waals surface area contributed by atoms with E-state index < -0.39 is 12.1 Å². The highest BCUT2D eigenvalue weighted by Crippen LogP contribution is 2.29. The number of halogens is 3. The van der Waals surface area contributed by atoms with Gasteiger partial charge in [-0.25, -0.2) is 9.97 Å². The zero-order valence-electron chi connectivity index (χ0n) is 12.9. The number of nitrogens with two attached hydrogens (primary N) is 1. The standard InChI is InChI=1S/C15H10F3N5O2S/c16-15(17,18)25-12-2-1-8(3-10(12)19)11(24)4-13-22-23-14(26-13)9-5-20-7-21-6-9/h1-3,5-7H,4,19H2. The van der Waals surface area contributed by atoms with Crippen LogP contribution >= 0.6 is 11.3 Å². The molecule has 2 N–H and O–H groups in total. The number of alkyl halides is 3. The molecule has 0 unspecified atom stereocenters. The third kappa shape index (κ3) is 4.30. The molecule has 3 rings (SSSR count). The number of ether oxygens (including phenoxy) is 1. The first kappa shape index (κ1) is 17.7. The van der Waals surface area contributed by atoms with Crippen molar-refractivity contribution in [3.63, 3.8) is 0 Å². The summed E-state index contributed by atoms with van der Waals surface area (Å²) in [6.07, 6.45) is -0.405. The van der Waals surface area contributed by atoms with Crippen LogP contribution in [0.1, 0.15) is 15.4 Å². The first-order valence-electron chi connectivity index (χ1n) is 7.08. The van der Waals surface area contributed by atoms with Crippen molar-refractivity contribution in [2.75, 3.05) is 5.73 Å². The van der Waals surface area contributed by atoms with Crippen molar-refractivity contribution in [1.82, 2.24) is 20.2 Å². The second-order valence-corrected chi connectivity index (χ2v) is 6.09. The van der Waals surface area contributed by atoms with E-state index >= 15 is 0 Å². The fourth-order valence-corrected chi connectivity index (χ4v) is 2.84. The minimum Gasteiger partial charge on any atom is -0.404 e. The molecule has 134 valence electrons. The summed E-state index contributed by atoms with van der Waals surface area (Å²) < 4.78 is 40.5. The summed E-state index contributed by atoms with van der Waals surface area (Å²) in [5, 5.41) is 8.91. The highest BCUT2D eigenvalue weighted by atomic mass is 32.1. The van der Waals surface area contributed by atoms with Crippen LogP contribution in [0.4, 0.5) is 18.9 Å². The molecular formula is C15H10F3N5O2S. The molecular weight excluding hydrogens is 371 g/mol. The van der Waals surface area contributed by atoms with Crippen LogP contribution < -0.4 is 10.5 Å². The molecule has 3 aromatic rings. The number of nitrogen functional groups attached to an aromatic ring is 1. The van der Waals surface area contributed by atoms with Crippen LogP contribution in [0, 0.1) is 0 Å². The SMILES string of the molecule is Nc1cc(C(=O)Cc2nnc(-c3cncnc3)s2)ccc1OC(F)(F)F. The van der Waals surface area contributed by atoms with Crippen molar-refractivity contribution < 1.29 is 22.7 Å². The Balaban J connectivity index is 1.72. The number of rotatable bonds is 5. The van der Waals surface area contributed by atoms with Crippen molar-refractivity contribution in [3.8, 4) is 16.3 Å². The molecule has 2 aromatic heterocycles. The van der Waals surface area contributed by atoms with E-state index in [1.54, 1.807) is 12.4 Å². The minimum atomic E-state index is -4.86. The molecule has 0 fully saturated rings. The quantitative estimate of drug-likeness (QED) is 0.535. The van der Waals surface area contributed by atoms with Gasteiger partial charge in [-0.1, -0.05) is 11.3 Å². The molecule has 0 spiro atoms. The largest absolute Gasteiger partial charge is 0.573 e. The van der Waals surface area contributed by atoms with Crippen LogP contribution in [0.25, 0.3) is 10.6 Å². The van der Waals surface area contributed by atoms with Gasteiger partial charge in [0.1, 0.15) is 11.3 Å². The topological polar surface area (TPSA) is 104 Å². The van der Waals surface area contributed by atoms with Gasteiger partial charge in [0.25, 0.3) is 0 Å². The zero-order valence-corrected chi connectivity index (χ0v) is 13.7. The lowest BCUT2D eigenvalue weighted by Crippen LogP contribution is -2.18. The maximum absolute atomic E-state index is 12.3. The summed E-state index contributed by atoms with van der Waals surface area (Å²) in [5.74, 6) is -0.918. The first-order valence-corrected chi connectivity index (χ1v) is 7.90. The van der Waals surface area contributed by atoms with Gasteiger partial charge in [-0.3, -0.25) is 4.79 Å². The number of Topliss-reactive ketones (excluding diaryl/α,β-unsaturated/α-hetero) is 1. The van der Waals surface area contributed by atoms with Crippen LogP contribution in [0.15, 0.2) is 36.9 Å². The number of nitrogens with zero attached hydrogens (tertiary/aromatic N) is 4. The van der Waals surface area contributed by atoms with Gasteiger partial charge in [-0.15, -0.1) is 23.4 Å².